The highest BCUT2D eigenvalue weighted by Crippen LogP contribution is 2.04. The lowest BCUT2D eigenvalue weighted by molar-refractivity contribution is 1.12. The summed E-state index contributed by atoms with van der Waals surface area (Å²) in [6.45, 7) is 4.19. The van der Waals surface area contributed by atoms with Gasteiger partial charge in [-0.1, -0.05) is 17.7 Å². The molecular weight excluding hydrogens is 162 g/mol. The summed E-state index contributed by atoms with van der Waals surface area (Å²) in [5, 5.41) is 3.35. The maximum atomic E-state index is 5.61. The third-order valence-corrected chi connectivity index (χ3v) is 1.24. The number of nitrogens with one attached hydrogen (secondary N) is 1. The smallest absolute Gasteiger partial charge is 0.224 e. The lowest BCUT2D eigenvalue weighted by Crippen LogP contribution is -2.01. The first kappa shape index (κ1) is 8.01. The van der Waals surface area contributed by atoms with Crippen molar-refractivity contribution in [3.05, 3.63) is 30.1 Å². The molecule has 0 aliphatic heterocycles. The van der Waals surface area contributed by atoms with Gasteiger partial charge in [0.1, 0.15) is 5.15 Å². The van der Waals surface area contributed by atoms with E-state index in [1.165, 1.54) is 0 Å². The second-order valence-corrected chi connectivity index (χ2v) is 2.26. The van der Waals surface area contributed by atoms with E-state index in [-0.39, 0.29) is 0 Å². The summed E-state index contributed by atoms with van der Waals surface area (Å²) in [7, 11) is 0. The lowest BCUT2D eigenvalue weighted by atomic mass is 10.6. The topological polar surface area (TPSA) is 37.8 Å². The second kappa shape index (κ2) is 3.93. The molecule has 1 N–H and O–H groups in total. The highest BCUT2D eigenvalue weighted by atomic mass is 35.5. The van der Waals surface area contributed by atoms with Gasteiger partial charge in [0.25, 0.3) is 0 Å². The summed E-state index contributed by atoms with van der Waals surface area (Å²) in [5.41, 5.74) is 0. The zero-order chi connectivity index (χ0) is 8.10. The number of anilines is 1. The molecule has 0 aromatic carbocycles. The third kappa shape index (κ3) is 2.55. The van der Waals surface area contributed by atoms with Gasteiger partial charge in [0, 0.05) is 12.7 Å². The Morgan fingerprint density at radius 3 is 3.18 bits per heavy atom. The van der Waals surface area contributed by atoms with Crippen LogP contribution in [0.3, 0.4) is 0 Å². The fourth-order valence-corrected chi connectivity index (χ4v) is 0.722. The molecular formula is C7H8ClN3. The van der Waals surface area contributed by atoms with Crippen molar-refractivity contribution < 1.29 is 0 Å². The van der Waals surface area contributed by atoms with Crippen LogP contribution in [0.4, 0.5) is 5.95 Å². The molecule has 0 atom stereocenters. The van der Waals surface area contributed by atoms with Gasteiger partial charge in [-0.05, 0) is 6.07 Å². The molecule has 0 saturated heterocycles. The molecule has 3 nitrogen and oxygen atoms in total. The second-order valence-electron chi connectivity index (χ2n) is 1.87. The SMILES string of the molecule is C=CCNc1nccc(Cl)n1. The Labute approximate surface area is 70.1 Å². The van der Waals surface area contributed by atoms with Crippen LogP contribution in [0.1, 0.15) is 0 Å². The molecule has 1 heterocycles. The average molecular weight is 170 g/mol. The molecule has 11 heavy (non-hydrogen) atoms. The Kier molecular flexibility index (Phi) is 2.86. The summed E-state index contributed by atoms with van der Waals surface area (Å²) in [6.07, 6.45) is 3.32. The molecule has 0 amide bonds. The quantitative estimate of drug-likeness (QED) is 0.553. The minimum absolute atomic E-state index is 0.437. The van der Waals surface area contributed by atoms with Crippen LogP contribution in [0.15, 0.2) is 24.9 Å². The van der Waals surface area contributed by atoms with E-state index in [9.17, 15) is 0 Å². The molecule has 1 rings (SSSR count). The van der Waals surface area contributed by atoms with Gasteiger partial charge in [-0.2, -0.15) is 0 Å². The van der Waals surface area contributed by atoms with E-state index in [1.54, 1.807) is 18.3 Å². The van der Waals surface area contributed by atoms with E-state index in [0.29, 0.717) is 17.6 Å². The van der Waals surface area contributed by atoms with Crippen molar-refractivity contribution >= 4 is 17.5 Å². The van der Waals surface area contributed by atoms with Gasteiger partial charge in [0.05, 0.1) is 0 Å². The summed E-state index contributed by atoms with van der Waals surface area (Å²) in [4.78, 5) is 7.83. The van der Waals surface area contributed by atoms with Crippen LogP contribution in [0, 0.1) is 0 Å². The van der Waals surface area contributed by atoms with E-state index < -0.39 is 0 Å². The highest BCUT2D eigenvalue weighted by molar-refractivity contribution is 6.29. The van der Waals surface area contributed by atoms with Crippen molar-refractivity contribution in [2.75, 3.05) is 11.9 Å². The molecule has 58 valence electrons. The largest absolute Gasteiger partial charge is 0.351 e. The summed E-state index contributed by atoms with van der Waals surface area (Å²) < 4.78 is 0. The van der Waals surface area contributed by atoms with E-state index in [2.05, 4.69) is 21.9 Å². The van der Waals surface area contributed by atoms with Crippen LogP contribution < -0.4 is 5.32 Å². The zero-order valence-corrected chi connectivity index (χ0v) is 6.67. The molecule has 0 aliphatic rings. The number of hydrogen-bond acceptors (Lipinski definition) is 3. The highest BCUT2D eigenvalue weighted by Gasteiger charge is 1.92. The van der Waals surface area contributed by atoms with Crippen LogP contribution in [0.5, 0.6) is 0 Å². The number of rotatable bonds is 3. The minimum atomic E-state index is 0.437. The molecule has 0 saturated carbocycles. The minimum Gasteiger partial charge on any atom is -0.351 e. The normalized spacial score (nSPS) is 9.18. The van der Waals surface area contributed by atoms with E-state index in [1.807, 2.05) is 0 Å². The maximum Gasteiger partial charge on any atom is 0.224 e. The van der Waals surface area contributed by atoms with Crippen molar-refractivity contribution in [3.8, 4) is 0 Å². The van der Waals surface area contributed by atoms with Gasteiger partial charge in [-0.15, -0.1) is 6.58 Å². The molecule has 0 fully saturated rings. The van der Waals surface area contributed by atoms with Gasteiger partial charge in [0.2, 0.25) is 5.95 Å². The Hall–Kier alpha value is -1.09. The number of aromatic nitrogens is 2. The van der Waals surface area contributed by atoms with Gasteiger partial charge in [-0.3, -0.25) is 0 Å². The van der Waals surface area contributed by atoms with Gasteiger partial charge >= 0.3 is 0 Å². The average Bonchev–Trinajstić information content (AvgIpc) is 2.01. The fraction of sp³-hybridized carbons (Fsp3) is 0.143. The first-order chi connectivity index (χ1) is 5.33. The Morgan fingerprint density at radius 2 is 2.55 bits per heavy atom. The van der Waals surface area contributed by atoms with Gasteiger partial charge < -0.3 is 5.32 Å². The molecule has 1 aromatic heterocycles. The van der Waals surface area contributed by atoms with Crippen molar-refractivity contribution in [2.24, 2.45) is 0 Å². The van der Waals surface area contributed by atoms with Crippen LogP contribution in [0.25, 0.3) is 0 Å². The fourth-order valence-electron chi connectivity index (χ4n) is 0.585. The first-order valence-corrected chi connectivity index (χ1v) is 3.54. The molecule has 0 radical (unpaired) electrons. The van der Waals surface area contributed by atoms with Crippen molar-refractivity contribution in [1.29, 1.82) is 0 Å². The van der Waals surface area contributed by atoms with Crippen LogP contribution in [-0.2, 0) is 0 Å². The van der Waals surface area contributed by atoms with Crippen molar-refractivity contribution in [3.63, 3.8) is 0 Å². The summed E-state index contributed by atoms with van der Waals surface area (Å²) in [5.74, 6) is 0.525. The zero-order valence-electron chi connectivity index (χ0n) is 5.92. The van der Waals surface area contributed by atoms with E-state index in [4.69, 9.17) is 11.6 Å². The Balaban J connectivity index is 2.63. The maximum absolute atomic E-state index is 5.61. The Bertz CT molecular complexity index is 249. The van der Waals surface area contributed by atoms with Crippen LogP contribution in [0.2, 0.25) is 5.15 Å². The predicted octanol–water partition coefficient (Wildman–Crippen LogP) is 1.73. The molecule has 0 unspecified atom stereocenters. The Morgan fingerprint density at radius 1 is 1.73 bits per heavy atom. The monoisotopic (exact) mass is 169 g/mol. The summed E-state index contributed by atoms with van der Waals surface area (Å²) in [6, 6.07) is 1.63. The number of nitrogens with zero attached hydrogens (tertiary/aromatic N) is 2. The summed E-state index contributed by atoms with van der Waals surface area (Å²) >= 11 is 5.61. The van der Waals surface area contributed by atoms with E-state index >= 15 is 0 Å². The number of hydrogen-bond donors (Lipinski definition) is 1. The lowest BCUT2D eigenvalue weighted by Gasteiger charge is -1.99. The van der Waals surface area contributed by atoms with Gasteiger partial charge in [-0.25, -0.2) is 9.97 Å². The molecule has 0 spiro atoms. The molecule has 1 aromatic rings. The van der Waals surface area contributed by atoms with Crippen LogP contribution in [-0.4, -0.2) is 16.5 Å². The van der Waals surface area contributed by atoms with Crippen LogP contribution >= 0.6 is 11.6 Å². The molecule has 0 bridgehead atoms. The van der Waals surface area contributed by atoms with Crippen molar-refractivity contribution in [2.45, 2.75) is 0 Å². The van der Waals surface area contributed by atoms with E-state index in [0.717, 1.165) is 0 Å². The van der Waals surface area contributed by atoms with Crippen molar-refractivity contribution in [1.82, 2.24) is 9.97 Å². The standard InChI is InChI=1S/C7H8ClN3/c1-2-4-9-7-10-5-3-6(8)11-7/h2-3,5H,1,4H2,(H,9,10,11). The molecule has 4 heteroatoms. The molecule has 0 aliphatic carbocycles. The predicted molar refractivity (Wildman–Crippen MR) is 45.7 cm³/mol. The number of halogens is 1. The third-order valence-electron chi connectivity index (χ3n) is 1.03. The van der Waals surface area contributed by atoms with Gasteiger partial charge in [0.15, 0.2) is 0 Å². The first-order valence-electron chi connectivity index (χ1n) is 3.16.